The maximum absolute atomic E-state index is 15.2. The number of amides is 2. The lowest BCUT2D eigenvalue weighted by Gasteiger charge is -2.55. The number of hydrogen-bond donors (Lipinski definition) is 1. The largest absolute Gasteiger partial charge is 0.508 e. The molecule has 6 atom stereocenters. The number of fused-ring (bicyclic) bond motifs is 4. The van der Waals surface area contributed by atoms with Crippen LogP contribution in [0, 0.1) is 43.9 Å². The van der Waals surface area contributed by atoms with Gasteiger partial charge in [0.2, 0.25) is 11.8 Å². The van der Waals surface area contributed by atoms with Crippen LogP contribution in [0.15, 0.2) is 109 Å². The van der Waals surface area contributed by atoms with Crippen molar-refractivity contribution in [1.29, 1.82) is 0 Å². The number of ketones is 2. The Morgan fingerprint density at radius 1 is 0.842 bits per heavy atom. The highest BCUT2D eigenvalue weighted by atomic mass is 16.6. The van der Waals surface area contributed by atoms with Gasteiger partial charge in [-0.25, -0.2) is 4.90 Å². The monoisotopic (exact) mass is 768 g/mol. The van der Waals surface area contributed by atoms with Gasteiger partial charge in [0.25, 0.3) is 0 Å². The van der Waals surface area contributed by atoms with E-state index >= 15 is 9.59 Å². The quantitative estimate of drug-likeness (QED) is 0.0915. The summed E-state index contributed by atoms with van der Waals surface area (Å²) in [6.07, 6.45) is 3.18. The van der Waals surface area contributed by atoms with E-state index in [4.69, 9.17) is 4.74 Å². The first kappa shape index (κ1) is 37.0. The molecule has 0 spiro atoms. The highest BCUT2D eigenvalue weighted by Crippen LogP contribution is 2.64. The third-order valence-electron chi connectivity index (χ3n) is 12.1. The Morgan fingerprint density at radius 2 is 1.47 bits per heavy atom. The molecule has 2 amide bonds. The zero-order valence-electron chi connectivity index (χ0n) is 31.0. The van der Waals surface area contributed by atoms with Crippen LogP contribution >= 0.6 is 0 Å². The lowest BCUT2D eigenvalue weighted by molar-refractivity contribution is -0.392. The number of benzene rings is 4. The molecule has 0 unspecified atom stereocenters. The molecule has 4 aromatic carbocycles. The molecule has 1 saturated carbocycles. The van der Waals surface area contributed by atoms with E-state index in [0.717, 1.165) is 17.0 Å². The zero-order valence-corrected chi connectivity index (χ0v) is 31.0. The molecule has 0 bridgehead atoms. The second-order valence-electron chi connectivity index (χ2n) is 15.0. The first-order chi connectivity index (χ1) is 27.3. The number of allylic oxidation sites excluding steroid dienone is 4. The van der Waals surface area contributed by atoms with E-state index in [1.807, 2.05) is 6.08 Å². The third kappa shape index (κ3) is 5.46. The molecule has 4 aliphatic rings. The summed E-state index contributed by atoms with van der Waals surface area (Å²) in [6, 6.07) is 24.4. The molecule has 8 rings (SSSR count). The van der Waals surface area contributed by atoms with Gasteiger partial charge < -0.3 is 14.7 Å². The van der Waals surface area contributed by atoms with E-state index in [1.165, 1.54) is 38.2 Å². The molecule has 288 valence electrons. The molecule has 4 aromatic rings. The van der Waals surface area contributed by atoms with Crippen LogP contribution in [0.2, 0.25) is 0 Å². The lowest BCUT2D eigenvalue weighted by Crippen LogP contribution is -2.58. The molecule has 14 heteroatoms. The van der Waals surface area contributed by atoms with E-state index in [-0.39, 0.29) is 47.1 Å². The summed E-state index contributed by atoms with van der Waals surface area (Å²) in [7, 11) is 4.27. The number of Topliss-reactive ketones (excluding diaryl/α,β-unsaturated/α-hetero) is 1. The van der Waals surface area contributed by atoms with Gasteiger partial charge in [-0.05, 0) is 42.0 Å². The number of carbonyl (C=O) groups excluding carboxylic acids is 4. The van der Waals surface area contributed by atoms with Gasteiger partial charge in [0.15, 0.2) is 17.3 Å². The number of anilines is 2. The standard InChI is InChI=1S/C43H36N4O10/c1-44(2)39-33(46(53)54)18-25(19-34(39)47(55)56)45-41(51)29-17-16-27-31(37(29)42(45)52)21-32-40(50)30(23-10-6-4-7-11-23)22-36(49)43(32,24-12-8-5-9-13-24)38(27)28-15-14-26(57-3)20-35(28)48/h4-16,18-20,22,29,31-32,37-38,48H,17,21H2,1-3H3/t29-,31+,32-,37-,38+,43-/m0/s1. The smallest absolute Gasteiger partial charge is 0.301 e. The average Bonchev–Trinajstić information content (AvgIpc) is 3.47. The molecule has 1 aliphatic heterocycles. The maximum atomic E-state index is 15.2. The predicted molar refractivity (Wildman–Crippen MR) is 208 cm³/mol. The Hall–Kier alpha value is -6.96. The number of nitrogens with zero attached hydrogens (tertiary/aromatic N) is 4. The SMILES string of the molecule is COc1ccc([C@H]2C3=CC[C@@H]4C(=O)N(c5cc([N+](=O)[O-])c(N(C)C)c([N+](=O)[O-])c5)C(=O)[C@@H]4[C@@H]3C[C@H]3C(=O)C(c4ccccc4)=CC(=O)[C@@]23c2ccccc2)c(O)c1. The first-order valence-corrected chi connectivity index (χ1v) is 18.3. The number of carbonyl (C=O) groups is 4. The van der Waals surface area contributed by atoms with Crippen molar-refractivity contribution in [3.63, 3.8) is 0 Å². The summed E-state index contributed by atoms with van der Waals surface area (Å²) in [6.45, 7) is 0. The van der Waals surface area contributed by atoms with Crippen LogP contribution < -0.4 is 14.5 Å². The van der Waals surface area contributed by atoms with Gasteiger partial charge in [-0.15, -0.1) is 0 Å². The minimum absolute atomic E-state index is 0.0216. The van der Waals surface area contributed by atoms with E-state index in [9.17, 15) is 34.9 Å². The zero-order chi connectivity index (χ0) is 40.5. The van der Waals surface area contributed by atoms with Crippen molar-refractivity contribution in [2.24, 2.45) is 23.7 Å². The fourth-order valence-electron chi connectivity index (χ4n) is 9.82. The fraction of sp³-hybridized carbons (Fsp3) is 0.256. The summed E-state index contributed by atoms with van der Waals surface area (Å²) in [4.78, 5) is 84.4. The van der Waals surface area contributed by atoms with Crippen LogP contribution in [-0.4, -0.2) is 59.5 Å². The van der Waals surface area contributed by atoms with Crippen LogP contribution in [-0.2, 0) is 24.6 Å². The van der Waals surface area contributed by atoms with Crippen LogP contribution in [0.5, 0.6) is 11.5 Å². The average molecular weight is 769 g/mol. The molecular formula is C43H36N4O10. The minimum atomic E-state index is -1.59. The molecule has 1 N–H and O–H groups in total. The number of rotatable bonds is 8. The van der Waals surface area contributed by atoms with Crippen molar-refractivity contribution in [1.82, 2.24) is 0 Å². The molecule has 3 aliphatic carbocycles. The summed E-state index contributed by atoms with van der Waals surface area (Å²) in [5.41, 5.74) is -1.37. The van der Waals surface area contributed by atoms with Gasteiger partial charge in [-0.2, -0.15) is 0 Å². The van der Waals surface area contributed by atoms with Crippen LogP contribution in [0.4, 0.5) is 22.7 Å². The Bertz CT molecular complexity index is 2440. The fourth-order valence-corrected chi connectivity index (χ4v) is 9.82. The molecule has 0 radical (unpaired) electrons. The van der Waals surface area contributed by atoms with Crippen LogP contribution in [0.3, 0.4) is 0 Å². The van der Waals surface area contributed by atoms with Gasteiger partial charge >= 0.3 is 11.4 Å². The van der Waals surface area contributed by atoms with Crippen molar-refractivity contribution < 1.29 is 38.9 Å². The van der Waals surface area contributed by atoms with Crippen molar-refractivity contribution in [2.45, 2.75) is 24.2 Å². The topological polar surface area (TPSA) is 190 Å². The maximum Gasteiger partial charge on any atom is 0.301 e. The Kier molecular flexibility index (Phi) is 8.86. The Balaban J connectivity index is 1.34. The van der Waals surface area contributed by atoms with Crippen molar-refractivity contribution in [3.05, 3.63) is 146 Å². The van der Waals surface area contributed by atoms with E-state index < -0.39 is 68.0 Å². The van der Waals surface area contributed by atoms with E-state index in [1.54, 1.807) is 72.8 Å². The van der Waals surface area contributed by atoms with Crippen LogP contribution in [0.25, 0.3) is 5.57 Å². The second-order valence-corrected chi connectivity index (χ2v) is 15.0. The van der Waals surface area contributed by atoms with E-state index in [0.29, 0.717) is 28.0 Å². The van der Waals surface area contributed by atoms with Crippen LogP contribution in [0.1, 0.15) is 35.4 Å². The normalized spacial score (nSPS) is 25.2. The second kappa shape index (κ2) is 13.7. The number of nitro groups is 2. The number of imide groups is 1. The Labute approximate surface area is 326 Å². The molecular weight excluding hydrogens is 732 g/mol. The molecule has 57 heavy (non-hydrogen) atoms. The van der Waals surface area contributed by atoms with Gasteiger partial charge in [-0.3, -0.25) is 39.4 Å². The van der Waals surface area contributed by atoms with E-state index in [2.05, 4.69) is 0 Å². The third-order valence-corrected chi connectivity index (χ3v) is 12.1. The summed E-state index contributed by atoms with van der Waals surface area (Å²) in [5, 5.41) is 36.2. The van der Waals surface area contributed by atoms with Gasteiger partial charge in [0.1, 0.15) is 11.5 Å². The highest BCUT2D eigenvalue weighted by Gasteiger charge is 2.66. The summed E-state index contributed by atoms with van der Waals surface area (Å²) in [5.74, 6) is -6.99. The number of hydrogen-bond acceptors (Lipinski definition) is 11. The van der Waals surface area contributed by atoms with Gasteiger partial charge in [-0.1, -0.05) is 78.4 Å². The molecule has 2 fully saturated rings. The van der Waals surface area contributed by atoms with Crippen molar-refractivity contribution >= 4 is 51.7 Å². The van der Waals surface area contributed by atoms with Crippen molar-refractivity contribution in [3.8, 4) is 11.5 Å². The number of nitro benzene ring substituents is 2. The highest BCUT2D eigenvalue weighted by molar-refractivity contribution is 6.32. The van der Waals surface area contributed by atoms with Gasteiger partial charge in [0.05, 0.1) is 39.9 Å². The summed E-state index contributed by atoms with van der Waals surface area (Å²) < 4.78 is 5.39. The number of methoxy groups -OCH3 is 1. The first-order valence-electron chi connectivity index (χ1n) is 18.3. The summed E-state index contributed by atoms with van der Waals surface area (Å²) >= 11 is 0. The number of phenolic OH excluding ortho intramolecular Hbond substituents is 1. The molecule has 1 heterocycles. The van der Waals surface area contributed by atoms with Crippen molar-refractivity contribution in [2.75, 3.05) is 31.0 Å². The minimum Gasteiger partial charge on any atom is -0.508 e. The Morgan fingerprint density at radius 3 is 2.05 bits per heavy atom. The lowest BCUT2D eigenvalue weighted by atomic mass is 9.44. The predicted octanol–water partition coefficient (Wildman–Crippen LogP) is 6.31. The number of ether oxygens (including phenoxy) is 1. The number of aromatic hydroxyl groups is 1. The molecule has 14 nitrogen and oxygen atoms in total. The molecule has 1 saturated heterocycles. The number of phenols is 1. The van der Waals surface area contributed by atoms with Gasteiger partial charge in [0, 0.05) is 55.3 Å². The molecule has 0 aromatic heterocycles.